The molecule has 5 nitrogen and oxygen atoms in total. The van der Waals surface area contributed by atoms with Gasteiger partial charge < -0.3 is 24.1 Å². The van der Waals surface area contributed by atoms with Crippen LogP contribution in [0.2, 0.25) is 0 Å². The van der Waals surface area contributed by atoms with Crippen molar-refractivity contribution in [3.8, 4) is 17.2 Å². The summed E-state index contributed by atoms with van der Waals surface area (Å²) in [7, 11) is 1.62. The van der Waals surface area contributed by atoms with Gasteiger partial charge in [-0.3, -0.25) is 0 Å². The first-order valence-electron chi connectivity index (χ1n) is 10.7. The number of aliphatic hydroxyl groups excluding tert-OH is 1. The highest BCUT2D eigenvalue weighted by molar-refractivity contribution is 5.52. The average molecular weight is 403 g/mol. The highest BCUT2D eigenvalue weighted by Gasteiger charge is 2.55. The minimum Gasteiger partial charge on any atom is -0.467 e. The van der Waals surface area contributed by atoms with Gasteiger partial charge in [0.2, 0.25) is 6.79 Å². The molecule has 2 aliphatic carbocycles. The number of ether oxygens (including phenoxy) is 4. The Kier molecular flexibility index (Phi) is 5.32. The molecule has 1 N–H and O–H groups in total. The van der Waals surface area contributed by atoms with Crippen molar-refractivity contribution in [2.45, 2.75) is 59.0 Å². The first kappa shape index (κ1) is 20.5. The van der Waals surface area contributed by atoms with Crippen LogP contribution in [0, 0.1) is 22.7 Å². The van der Waals surface area contributed by atoms with E-state index in [9.17, 15) is 5.11 Å². The predicted octanol–water partition coefficient (Wildman–Crippen LogP) is 4.71. The average Bonchev–Trinajstić information content (AvgIpc) is 3.13. The third-order valence-corrected chi connectivity index (χ3v) is 7.86. The maximum absolute atomic E-state index is 10.7. The lowest BCUT2D eigenvalue weighted by atomic mass is 9.46. The fourth-order valence-electron chi connectivity index (χ4n) is 6.14. The standard InChI is InChI=1S/C24H34O5/c1-15-6-7-21-23(2,3)22(25)8-9-24(21,4)17(15)10-16-11-19-20(29-14-28-19)12-18(16)27-13-26-5/h11-12,17,21-22,25H,1,6-10,13-14H2,2-5H3/t17-,21-,22-,24+/m0/s1. The molecule has 0 amide bonds. The summed E-state index contributed by atoms with van der Waals surface area (Å²) < 4.78 is 22.2. The van der Waals surface area contributed by atoms with Gasteiger partial charge in [-0.05, 0) is 66.4 Å². The van der Waals surface area contributed by atoms with Crippen LogP contribution in [0.25, 0.3) is 0 Å². The number of benzene rings is 1. The van der Waals surface area contributed by atoms with Gasteiger partial charge in [0, 0.05) is 13.2 Å². The van der Waals surface area contributed by atoms with Crippen LogP contribution in [0.4, 0.5) is 0 Å². The van der Waals surface area contributed by atoms with Crippen LogP contribution in [0.1, 0.15) is 52.0 Å². The van der Waals surface area contributed by atoms with Gasteiger partial charge in [0.1, 0.15) is 5.75 Å². The molecule has 1 aliphatic heterocycles. The van der Waals surface area contributed by atoms with Crippen LogP contribution in [0.3, 0.4) is 0 Å². The van der Waals surface area contributed by atoms with Gasteiger partial charge in [-0.1, -0.05) is 32.9 Å². The fraction of sp³-hybridized carbons (Fsp3) is 0.667. The van der Waals surface area contributed by atoms with Gasteiger partial charge in [-0.25, -0.2) is 0 Å². The molecule has 4 atom stereocenters. The summed E-state index contributed by atoms with van der Waals surface area (Å²) in [6, 6.07) is 3.97. The molecule has 0 unspecified atom stereocenters. The number of aliphatic hydroxyl groups is 1. The maximum atomic E-state index is 10.7. The van der Waals surface area contributed by atoms with E-state index >= 15 is 0 Å². The topological polar surface area (TPSA) is 57.2 Å². The van der Waals surface area contributed by atoms with E-state index in [1.807, 2.05) is 6.07 Å². The van der Waals surface area contributed by atoms with Crippen LogP contribution in [-0.2, 0) is 11.2 Å². The minimum atomic E-state index is -0.237. The number of methoxy groups -OCH3 is 1. The largest absolute Gasteiger partial charge is 0.467 e. The van der Waals surface area contributed by atoms with Crippen molar-refractivity contribution < 1.29 is 24.1 Å². The fourth-order valence-corrected chi connectivity index (χ4v) is 6.14. The first-order valence-corrected chi connectivity index (χ1v) is 10.7. The Labute approximate surface area is 174 Å². The Morgan fingerprint density at radius 3 is 2.62 bits per heavy atom. The van der Waals surface area contributed by atoms with Gasteiger partial charge in [-0.15, -0.1) is 0 Å². The van der Waals surface area contributed by atoms with E-state index < -0.39 is 0 Å². The van der Waals surface area contributed by atoms with Crippen LogP contribution < -0.4 is 14.2 Å². The number of hydrogen-bond donors (Lipinski definition) is 1. The molecule has 29 heavy (non-hydrogen) atoms. The van der Waals surface area contributed by atoms with E-state index in [2.05, 4.69) is 33.4 Å². The smallest absolute Gasteiger partial charge is 0.231 e. The van der Waals surface area contributed by atoms with E-state index in [1.54, 1.807) is 7.11 Å². The molecule has 0 radical (unpaired) electrons. The molecule has 4 rings (SSSR count). The summed E-state index contributed by atoms with van der Waals surface area (Å²) in [5, 5.41) is 10.7. The normalized spacial score (nSPS) is 32.7. The molecule has 0 bridgehead atoms. The molecule has 0 spiro atoms. The van der Waals surface area contributed by atoms with Gasteiger partial charge in [0.15, 0.2) is 18.3 Å². The second-order valence-corrected chi connectivity index (χ2v) is 9.75. The quantitative estimate of drug-likeness (QED) is 0.571. The molecular formula is C24H34O5. The second-order valence-electron chi connectivity index (χ2n) is 9.75. The van der Waals surface area contributed by atoms with E-state index in [1.165, 1.54) is 5.57 Å². The minimum absolute atomic E-state index is 0.0871. The van der Waals surface area contributed by atoms with Crippen LogP contribution >= 0.6 is 0 Å². The summed E-state index contributed by atoms with van der Waals surface area (Å²) in [5.74, 6) is 3.07. The molecule has 0 saturated heterocycles. The molecular weight excluding hydrogens is 368 g/mol. The molecule has 160 valence electrons. The number of hydrogen-bond acceptors (Lipinski definition) is 5. The maximum Gasteiger partial charge on any atom is 0.231 e. The van der Waals surface area contributed by atoms with Crippen molar-refractivity contribution in [1.82, 2.24) is 0 Å². The zero-order chi connectivity index (χ0) is 20.8. The number of allylic oxidation sites excluding steroid dienone is 1. The Hall–Kier alpha value is -1.72. The van der Waals surface area contributed by atoms with Crippen molar-refractivity contribution in [3.63, 3.8) is 0 Å². The van der Waals surface area contributed by atoms with E-state index in [0.717, 1.165) is 49.2 Å². The van der Waals surface area contributed by atoms with Crippen molar-refractivity contribution >= 4 is 0 Å². The van der Waals surface area contributed by atoms with Gasteiger partial charge >= 0.3 is 0 Å². The van der Waals surface area contributed by atoms with Crippen molar-refractivity contribution in [2.24, 2.45) is 22.7 Å². The predicted molar refractivity (Wildman–Crippen MR) is 111 cm³/mol. The molecule has 5 heteroatoms. The van der Waals surface area contributed by atoms with Gasteiger partial charge in [-0.2, -0.15) is 0 Å². The summed E-state index contributed by atoms with van der Waals surface area (Å²) in [6.45, 7) is 11.8. The Morgan fingerprint density at radius 2 is 1.90 bits per heavy atom. The SMILES string of the molecule is C=C1CC[C@H]2C(C)(C)[C@@H](O)CC[C@]2(C)[C@H]1Cc1cc2c(cc1OCOC)OCO2. The molecule has 1 aromatic carbocycles. The third kappa shape index (κ3) is 3.42. The summed E-state index contributed by atoms with van der Waals surface area (Å²) >= 11 is 0. The Bertz CT molecular complexity index is 786. The molecule has 3 aliphatic rings. The summed E-state index contributed by atoms with van der Waals surface area (Å²) in [4.78, 5) is 0. The molecule has 0 aromatic heterocycles. The van der Waals surface area contributed by atoms with E-state index in [-0.39, 0.29) is 30.5 Å². The van der Waals surface area contributed by atoms with Crippen LogP contribution in [0.5, 0.6) is 17.2 Å². The molecule has 1 aromatic rings. The van der Waals surface area contributed by atoms with Crippen molar-refractivity contribution in [1.29, 1.82) is 0 Å². The van der Waals surface area contributed by atoms with E-state index in [4.69, 9.17) is 18.9 Å². The Morgan fingerprint density at radius 1 is 1.17 bits per heavy atom. The highest BCUT2D eigenvalue weighted by Crippen LogP contribution is 2.61. The van der Waals surface area contributed by atoms with Crippen LogP contribution in [-0.4, -0.2) is 31.9 Å². The number of rotatable bonds is 5. The van der Waals surface area contributed by atoms with Crippen LogP contribution in [0.15, 0.2) is 24.3 Å². The molecule has 2 saturated carbocycles. The zero-order valence-electron chi connectivity index (χ0n) is 18.1. The lowest BCUT2D eigenvalue weighted by Gasteiger charge is -2.59. The summed E-state index contributed by atoms with van der Waals surface area (Å²) in [6.07, 6.45) is 4.58. The van der Waals surface area contributed by atoms with Gasteiger partial charge in [0.25, 0.3) is 0 Å². The number of fused-ring (bicyclic) bond motifs is 2. The highest BCUT2D eigenvalue weighted by atomic mass is 16.7. The molecule has 1 heterocycles. The lowest BCUT2D eigenvalue weighted by Crippen LogP contribution is -2.55. The Balaban J connectivity index is 1.68. The first-order chi connectivity index (χ1) is 13.8. The molecule has 2 fully saturated rings. The second kappa shape index (κ2) is 7.51. The monoisotopic (exact) mass is 402 g/mol. The third-order valence-electron chi connectivity index (χ3n) is 7.86. The lowest BCUT2D eigenvalue weighted by molar-refractivity contribution is -0.123. The summed E-state index contributed by atoms with van der Waals surface area (Å²) in [5.41, 5.74) is 2.43. The zero-order valence-corrected chi connectivity index (χ0v) is 18.1. The van der Waals surface area contributed by atoms with Crippen molar-refractivity contribution in [3.05, 3.63) is 29.8 Å². The van der Waals surface area contributed by atoms with E-state index in [0.29, 0.717) is 17.6 Å². The van der Waals surface area contributed by atoms with Crippen molar-refractivity contribution in [2.75, 3.05) is 20.7 Å². The van der Waals surface area contributed by atoms with Gasteiger partial charge in [0.05, 0.1) is 6.10 Å².